The lowest BCUT2D eigenvalue weighted by Gasteiger charge is -2.44. The van der Waals surface area contributed by atoms with Gasteiger partial charge in [-0.3, -0.25) is 33.6 Å². The highest BCUT2D eigenvalue weighted by atomic mass is 16.2. The molecule has 430 valence electrons. The third kappa shape index (κ3) is 13.7. The van der Waals surface area contributed by atoms with Gasteiger partial charge in [0, 0.05) is 36.8 Å². The lowest BCUT2D eigenvalue weighted by atomic mass is 9.84. The van der Waals surface area contributed by atoms with Gasteiger partial charge in [0.25, 0.3) is 11.8 Å². The van der Waals surface area contributed by atoms with E-state index in [2.05, 4.69) is 50.1 Å². The molecule has 1 aliphatic carbocycles. The number of hydrogen-bond donors (Lipinski definition) is 6. The quantitative estimate of drug-likeness (QED) is 0.0559. The molecule has 0 radical (unpaired) electrons. The molecule has 0 bridgehead atoms. The van der Waals surface area contributed by atoms with Gasteiger partial charge >= 0.3 is 0 Å². The number of fused-ring (bicyclic) bond motifs is 3. The van der Waals surface area contributed by atoms with Crippen LogP contribution in [-0.2, 0) is 43.4 Å². The molecule has 2 heterocycles. The van der Waals surface area contributed by atoms with E-state index in [0.29, 0.717) is 12.0 Å². The first-order chi connectivity index (χ1) is 38.5. The number of benzene rings is 5. The highest BCUT2D eigenvalue weighted by Gasteiger charge is 2.47. The second-order valence-corrected chi connectivity index (χ2v) is 24.6. The molecule has 0 aromatic heterocycles. The van der Waals surface area contributed by atoms with E-state index >= 15 is 9.59 Å². The van der Waals surface area contributed by atoms with Crippen molar-refractivity contribution in [3.05, 3.63) is 154 Å². The maximum absolute atomic E-state index is 15.3. The minimum atomic E-state index is -0.979. The fourth-order valence-corrected chi connectivity index (χ4v) is 11.5. The van der Waals surface area contributed by atoms with E-state index in [1.165, 1.54) is 10.5 Å². The summed E-state index contributed by atoms with van der Waals surface area (Å²) in [6, 6.07) is 31.0. The summed E-state index contributed by atoms with van der Waals surface area (Å²) in [4.78, 5) is 106. The van der Waals surface area contributed by atoms with Gasteiger partial charge in [-0.15, -0.1) is 0 Å². The molecule has 16 nitrogen and oxygen atoms in total. The number of rotatable bonds is 17. The average molecular weight is 1100 g/mol. The van der Waals surface area contributed by atoms with Crippen molar-refractivity contribution in [2.24, 2.45) is 10.8 Å². The first-order valence-corrected chi connectivity index (χ1v) is 28.7. The van der Waals surface area contributed by atoms with Gasteiger partial charge in [0.15, 0.2) is 0 Å². The van der Waals surface area contributed by atoms with Crippen LogP contribution in [-0.4, -0.2) is 126 Å². The number of carbonyl (C=O) groups excluding carboxylic acids is 7. The molecular weight excluding hydrogens is 1020 g/mol. The largest absolute Gasteiger partial charge is 0.347 e. The number of nitrogens with one attached hydrogen (secondary N) is 6. The van der Waals surface area contributed by atoms with Crippen LogP contribution in [0.2, 0.25) is 0 Å². The number of nitrogens with zero attached hydrogens (tertiary/aromatic N) is 3. The Balaban J connectivity index is 1.07. The van der Waals surface area contributed by atoms with Crippen molar-refractivity contribution in [1.29, 1.82) is 0 Å². The second-order valence-electron chi connectivity index (χ2n) is 24.6. The zero-order chi connectivity index (χ0) is 58.5. The van der Waals surface area contributed by atoms with Crippen molar-refractivity contribution in [2.75, 3.05) is 27.2 Å². The molecule has 81 heavy (non-hydrogen) atoms. The molecule has 8 rings (SSSR count). The zero-order valence-electron chi connectivity index (χ0n) is 49.0. The van der Waals surface area contributed by atoms with E-state index in [9.17, 15) is 24.0 Å². The Hall–Kier alpha value is -7.43. The summed E-state index contributed by atoms with van der Waals surface area (Å²) in [5.74, 6) is -2.39. The fourth-order valence-electron chi connectivity index (χ4n) is 11.5. The Bertz CT molecular complexity index is 3130. The number of likely N-dealkylation sites (tertiary alicyclic amines) is 1. The van der Waals surface area contributed by atoms with Gasteiger partial charge in [-0.1, -0.05) is 126 Å². The average Bonchev–Trinajstić information content (AvgIpc) is 3.94. The summed E-state index contributed by atoms with van der Waals surface area (Å²) in [5, 5.41) is 20.3. The molecule has 5 aromatic rings. The van der Waals surface area contributed by atoms with Crippen molar-refractivity contribution in [2.45, 2.75) is 155 Å². The molecule has 16 heteroatoms. The van der Waals surface area contributed by atoms with Crippen molar-refractivity contribution < 1.29 is 33.6 Å². The number of likely N-dealkylation sites (N-methyl/N-ethyl adjacent to an activating group) is 2. The van der Waals surface area contributed by atoms with Crippen molar-refractivity contribution in [3.63, 3.8) is 0 Å². The summed E-state index contributed by atoms with van der Waals surface area (Å²) in [7, 11) is 3.37. The first-order valence-electron chi connectivity index (χ1n) is 28.7. The van der Waals surface area contributed by atoms with Crippen LogP contribution >= 0.6 is 0 Å². The molecule has 9 atom stereocenters. The van der Waals surface area contributed by atoms with Crippen LogP contribution in [0.1, 0.15) is 142 Å². The van der Waals surface area contributed by atoms with E-state index < -0.39 is 71.0 Å². The Morgan fingerprint density at radius 1 is 0.630 bits per heavy atom. The van der Waals surface area contributed by atoms with Crippen LogP contribution in [0, 0.1) is 10.8 Å². The number of amides is 7. The third-order valence-electron chi connectivity index (χ3n) is 16.8. The molecule has 6 N–H and O–H groups in total. The lowest BCUT2D eigenvalue weighted by molar-refractivity contribution is -0.144. The Kier molecular flexibility index (Phi) is 18.5. The van der Waals surface area contributed by atoms with Crippen LogP contribution < -0.4 is 31.9 Å². The third-order valence-corrected chi connectivity index (χ3v) is 16.8. The van der Waals surface area contributed by atoms with Gasteiger partial charge in [-0.2, -0.15) is 0 Å². The molecular formula is C65H83N9O7. The van der Waals surface area contributed by atoms with Crippen LogP contribution in [0.4, 0.5) is 0 Å². The SMILES string of the molecule is CN[C@@H](C)C(=O)N[C@H](C(=O)N1Cc2ccccc2C[C@H]1CN(C(=O)c1ccc(C(=O)N[C@H]2C[C@@H](C(=O)N[C@@H]3CCCc4ccccc43)N(C(=O)[C@@H](NC(=O)[C@H](C)NC)C(C)(C)C)C2)cc1)[C@H](C)c1ccc2ccccc2c1)C(C)(C)C. The van der Waals surface area contributed by atoms with Crippen molar-refractivity contribution >= 4 is 52.1 Å². The van der Waals surface area contributed by atoms with Gasteiger partial charge in [0.2, 0.25) is 29.5 Å². The Labute approximate surface area is 477 Å². The maximum Gasteiger partial charge on any atom is 0.254 e. The van der Waals surface area contributed by atoms with Crippen LogP contribution in [0.15, 0.2) is 115 Å². The zero-order valence-corrected chi connectivity index (χ0v) is 49.0. The Morgan fingerprint density at radius 2 is 1.19 bits per heavy atom. The van der Waals surface area contributed by atoms with Crippen molar-refractivity contribution in [1.82, 2.24) is 46.6 Å². The summed E-state index contributed by atoms with van der Waals surface area (Å²) >= 11 is 0. The van der Waals surface area contributed by atoms with Crippen LogP contribution in [0.5, 0.6) is 0 Å². The van der Waals surface area contributed by atoms with Gasteiger partial charge in [-0.25, -0.2) is 0 Å². The maximum atomic E-state index is 15.3. The van der Waals surface area contributed by atoms with Crippen LogP contribution in [0.25, 0.3) is 10.8 Å². The van der Waals surface area contributed by atoms with Gasteiger partial charge < -0.3 is 46.6 Å². The van der Waals surface area contributed by atoms with Crippen molar-refractivity contribution in [3.8, 4) is 0 Å². The predicted octanol–water partition coefficient (Wildman–Crippen LogP) is 7.17. The molecule has 0 spiro atoms. The number of hydrogen-bond acceptors (Lipinski definition) is 9. The summed E-state index contributed by atoms with van der Waals surface area (Å²) in [5.41, 5.74) is 4.41. The highest BCUT2D eigenvalue weighted by Crippen LogP contribution is 2.34. The molecule has 1 fully saturated rings. The van der Waals surface area contributed by atoms with Gasteiger partial charge in [0.1, 0.15) is 18.1 Å². The van der Waals surface area contributed by atoms with Crippen LogP contribution in [0.3, 0.4) is 0 Å². The summed E-state index contributed by atoms with van der Waals surface area (Å²) in [6.45, 7) is 17.3. The summed E-state index contributed by atoms with van der Waals surface area (Å²) < 4.78 is 0. The molecule has 0 unspecified atom stereocenters. The predicted molar refractivity (Wildman–Crippen MR) is 316 cm³/mol. The van der Waals surface area contributed by atoms with E-state index in [4.69, 9.17) is 0 Å². The second kappa shape index (κ2) is 25.2. The van der Waals surface area contributed by atoms with E-state index in [-0.39, 0.29) is 67.2 Å². The minimum Gasteiger partial charge on any atom is -0.347 e. The topological polar surface area (TPSA) is 201 Å². The van der Waals surface area contributed by atoms with E-state index in [1.54, 1.807) is 57.1 Å². The fraction of sp³-hybridized carbons (Fsp3) is 0.462. The normalized spacial score (nSPS) is 19.9. The number of carbonyl (C=O) groups is 7. The molecule has 7 amide bonds. The Morgan fingerprint density at radius 3 is 1.80 bits per heavy atom. The molecule has 1 saturated heterocycles. The highest BCUT2D eigenvalue weighted by molar-refractivity contribution is 5.99. The van der Waals surface area contributed by atoms with Gasteiger partial charge in [0.05, 0.1) is 30.2 Å². The molecule has 2 aliphatic heterocycles. The van der Waals surface area contributed by atoms with E-state index in [0.717, 1.165) is 52.3 Å². The first kappa shape index (κ1) is 59.7. The standard InChI is InChI=1S/C65H83N9O7/c1-39(66-10)57(75)70-55(64(4,5)6)62(80)73-36-49-23-15-14-22-48(49)34-51(73)38-72(41(3)46-32-27-42-19-12-13-21-47(42)33-46)61(79)45-30-28-44(29-31-45)59(77)68-50-35-54(60(78)69-53-26-18-24-43-20-16-17-25-52(43)53)74(37-50)63(81)56(65(7,8)9)71-58(76)40(2)67-11/h12-17,19-23,25,27-33,39-41,50-51,53-56,66-67H,18,24,26,34-38H2,1-11H3,(H,68,77)(H,69,78)(H,70,75)(H,71,76)/t39-,40-,41+,50-,51-,53+,54-,55+,56+/m0/s1. The molecule has 0 saturated carbocycles. The number of aryl methyl sites for hydroxylation is 1. The summed E-state index contributed by atoms with van der Waals surface area (Å²) in [6.07, 6.45) is 3.16. The smallest absolute Gasteiger partial charge is 0.254 e. The lowest BCUT2D eigenvalue weighted by Crippen LogP contribution is -2.61. The monoisotopic (exact) mass is 1100 g/mol. The van der Waals surface area contributed by atoms with E-state index in [1.807, 2.05) is 126 Å². The van der Waals surface area contributed by atoms with Gasteiger partial charge in [-0.05, 0) is 147 Å². The molecule has 5 aromatic carbocycles. The molecule has 3 aliphatic rings. The minimum absolute atomic E-state index is 0.0231.